The number of rotatable bonds is 67. The van der Waals surface area contributed by atoms with E-state index >= 15 is 0 Å². The van der Waals surface area contributed by atoms with E-state index in [9.17, 15) is 150 Å². The average Bonchev–Trinajstić information content (AvgIpc) is 0.845. The summed E-state index contributed by atoms with van der Waals surface area (Å²) in [6.45, 7) is 21.8. The first-order valence-electron chi connectivity index (χ1n) is 45.3. The number of aliphatic hydroxyl groups is 2. The number of aliphatic hydroxyl groups excluding tert-OH is 2. The van der Waals surface area contributed by atoms with Crippen molar-refractivity contribution in [2.75, 3.05) is 26.2 Å². The molecule has 140 heavy (non-hydrogen) atoms. The van der Waals surface area contributed by atoms with Crippen LogP contribution >= 0.6 is 0 Å². The molecule has 0 spiro atoms. The van der Waals surface area contributed by atoms with E-state index in [1.165, 1.54) is 55.4 Å². The van der Waals surface area contributed by atoms with E-state index in [0.29, 0.717) is 0 Å². The molecule has 0 radical (unpaired) electrons. The van der Waals surface area contributed by atoms with Crippen molar-refractivity contribution in [3.8, 4) is 0 Å². The minimum Gasteiger partial charge on any atom is -0.481 e. The van der Waals surface area contributed by atoms with E-state index in [4.69, 9.17) is 28.0 Å². The standard InChI is InChI=1S/C85H143N23O32/c1-35(2)24-48(94-59(114)31-86)75(130)92-42(15)69(124)96-45(18-21-56(87)111)72(127)104-55(34-109)81(136)108-68(44(17)110)82(137)90-32-60(115)95-49(25-36(3)4)77(132)99-50(26-37(5)6)76(131)93-43(16)70(125)105-65(39(9)10)83(138)103-53(29-58(89)113)79(134)100-54(30-63(120)121)80(135)98-47(20-23-62(118)119)74(129)106-66(40(11)12)84(139)101-51(27-38(7)8)78(133)97-46(19-22-61(116)117)73(128)107-67(41(13)14)85(140)102-52(28-57(88)112)71(126)91-33-64(122)123/h35-55,65-68,109-110H,18-34,86H2,1-17H3,(H2,87,111)(H2,88,112)(H2,89,113)(H,90,137)(H,91,126)(H,92,130)(H,93,131)(H,94,114)(H,95,115)(H,96,124)(H,97,133)(H,98,135)(H,99,132)(H,100,134)(H,101,139)(H,102,140)(H,103,138)(H,104,127)(H,105,125)(H,106,129)(H,107,128)(H,108,136)(H,116,117)(H,118,119)(H,120,121)(H,122,123)/t42-,43-,44+,45-,46-,47-,48-,49-,50-,51-,52-,53-,54-,55-,65-,66-,67-,68-/m0/s1. The molecule has 0 aliphatic heterocycles. The van der Waals surface area contributed by atoms with Gasteiger partial charge in [0, 0.05) is 19.3 Å². The Labute approximate surface area is 807 Å². The van der Waals surface area contributed by atoms with E-state index in [1.807, 2.05) is 10.6 Å². The molecule has 0 saturated heterocycles. The van der Waals surface area contributed by atoms with Crippen molar-refractivity contribution in [2.45, 2.75) is 310 Å². The lowest BCUT2D eigenvalue weighted by atomic mass is 9.98. The van der Waals surface area contributed by atoms with Crippen LogP contribution < -0.4 is 124 Å². The van der Waals surface area contributed by atoms with Crippen LogP contribution in [0.15, 0.2) is 0 Å². The highest BCUT2D eigenvalue weighted by molar-refractivity contribution is 6.03. The molecule has 55 heteroatoms. The number of aliphatic carboxylic acids is 4. The number of amides is 22. The summed E-state index contributed by atoms with van der Waals surface area (Å²) in [6.07, 6.45) is -9.44. The number of carbonyl (C=O) groups is 26. The summed E-state index contributed by atoms with van der Waals surface area (Å²) in [5, 5.41) is 103. The molecule has 0 aromatic rings. The van der Waals surface area contributed by atoms with Crippen LogP contribution in [0.2, 0.25) is 0 Å². The predicted molar refractivity (Wildman–Crippen MR) is 490 cm³/mol. The first kappa shape index (κ1) is 126. The van der Waals surface area contributed by atoms with Crippen LogP contribution in [0.4, 0.5) is 0 Å². The van der Waals surface area contributed by atoms with Crippen LogP contribution in [0.1, 0.15) is 201 Å². The number of nitrogens with one attached hydrogen (secondary N) is 19. The Morgan fingerprint density at radius 3 is 0.843 bits per heavy atom. The number of carbonyl (C=O) groups excluding carboxylic acids is 22. The van der Waals surface area contributed by atoms with Crippen molar-refractivity contribution < 1.29 is 155 Å². The van der Waals surface area contributed by atoms with Crippen LogP contribution in [-0.2, 0) is 125 Å². The van der Waals surface area contributed by atoms with Gasteiger partial charge in [0.25, 0.3) is 0 Å². The monoisotopic (exact) mass is 2000 g/mol. The molecule has 0 fully saturated rings. The quantitative estimate of drug-likeness (QED) is 0.0269. The van der Waals surface area contributed by atoms with E-state index in [1.54, 1.807) is 55.4 Å². The third-order valence-corrected chi connectivity index (χ3v) is 20.5. The zero-order chi connectivity index (χ0) is 108. The van der Waals surface area contributed by atoms with Gasteiger partial charge >= 0.3 is 23.9 Å². The summed E-state index contributed by atoms with van der Waals surface area (Å²) in [5.74, 6) is -35.1. The first-order chi connectivity index (χ1) is 64.9. The summed E-state index contributed by atoms with van der Waals surface area (Å²) in [5.41, 5.74) is 21.4. The summed E-state index contributed by atoms with van der Waals surface area (Å²) in [7, 11) is 0. The van der Waals surface area contributed by atoms with Crippen LogP contribution in [0.3, 0.4) is 0 Å². The molecule has 22 amide bonds. The maximum atomic E-state index is 14.4. The second-order valence-electron chi connectivity index (χ2n) is 36.2. The molecule has 0 aromatic carbocycles. The molecule has 0 heterocycles. The van der Waals surface area contributed by atoms with Gasteiger partial charge in [0.05, 0.1) is 45.1 Å². The number of carboxylic acid groups (broad SMARTS) is 4. The van der Waals surface area contributed by atoms with Crippen molar-refractivity contribution >= 4 is 154 Å². The first-order valence-corrected chi connectivity index (χ1v) is 45.3. The number of hydrogen-bond donors (Lipinski definition) is 29. The van der Waals surface area contributed by atoms with Gasteiger partial charge < -0.3 is 155 Å². The lowest BCUT2D eigenvalue weighted by Gasteiger charge is -2.30. The Balaban J connectivity index is 6.84. The molecule has 0 unspecified atom stereocenters. The van der Waals surface area contributed by atoms with Crippen molar-refractivity contribution in [1.82, 2.24) is 101 Å². The highest BCUT2D eigenvalue weighted by atomic mass is 16.4. The summed E-state index contributed by atoms with van der Waals surface area (Å²) in [6, 6.07) is -29.1. The Kier molecular flexibility index (Phi) is 56.6. The Hall–Kier alpha value is -13.9. The highest BCUT2D eigenvalue weighted by Gasteiger charge is 2.42. The van der Waals surface area contributed by atoms with E-state index in [-0.39, 0.29) is 43.4 Å². The fourth-order valence-corrected chi connectivity index (χ4v) is 13.2. The normalized spacial score (nSPS) is 15.1. The van der Waals surface area contributed by atoms with Gasteiger partial charge in [-0.1, -0.05) is 96.9 Å². The molecule has 0 rings (SSSR count). The van der Waals surface area contributed by atoms with Crippen LogP contribution in [0.25, 0.3) is 0 Å². The van der Waals surface area contributed by atoms with Crippen LogP contribution in [-0.4, -0.2) is 320 Å². The molecule has 790 valence electrons. The Bertz CT molecular complexity index is 4370. The van der Waals surface area contributed by atoms with E-state index < -0.39 is 370 Å². The summed E-state index contributed by atoms with van der Waals surface area (Å²) >= 11 is 0. The molecular weight excluding hydrogens is 1860 g/mol. The fraction of sp³-hybridized carbons (Fsp3) is 0.694. The maximum absolute atomic E-state index is 14.4. The molecule has 0 aliphatic rings. The zero-order valence-corrected chi connectivity index (χ0v) is 81.6. The zero-order valence-electron chi connectivity index (χ0n) is 81.6. The predicted octanol–water partition coefficient (Wildman–Crippen LogP) is -10.7. The largest absolute Gasteiger partial charge is 0.481 e. The molecule has 55 nitrogen and oxygen atoms in total. The van der Waals surface area contributed by atoms with Gasteiger partial charge in [-0.3, -0.25) is 125 Å². The van der Waals surface area contributed by atoms with Gasteiger partial charge in [0.2, 0.25) is 130 Å². The maximum Gasteiger partial charge on any atom is 0.322 e. The van der Waals surface area contributed by atoms with Gasteiger partial charge in [-0.2, -0.15) is 0 Å². The van der Waals surface area contributed by atoms with E-state index in [0.717, 1.165) is 6.92 Å². The Morgan fingerprint density at radius 2 is 0.507 bits per heavy atom. The third kappa shape index (κ3) is 49.4. The van der Waals surface area contributed by atoms with Crippen molar-refractivity contribution in [2.24, 2.45) is 64.4 Å². The van der Waals surface area contributed by atoms with Crippen LogP contribution in [0.5, 0.6) is 0 Å². The van der Waals surface area contributed by atoms with Gasteiger partial charge in [0.15, 0.2) is 0 Å². The number of nitrogens with two attached hydrogens (primary N) is 4. The van der Waals surface area contributed by atoms with Crippen LogP contribution in [0, 0.1) is 41.4 Å². The van der Waals surface area contributed by atoms with E-state index in [2.05, 4.69) is 90.4 Å². The van der Waals surface area contributed by atoms with Crippen molar-refractivity contribution in [3.05, 3.63) is 0 Å². The smallest absolute Gasteiger partial charge is 0.322 e. The molecule has 0 aromatic heterocycles. The lowest BCUT2D eigenvalue weighted by Crippen LogP contribution is -2.62. The highest BCUT2D eigenvalue weighted by Crippen LogP contribution is 2.17. The number of hydrogen-bond acceptors (Lipinski definition) is 29. The minimum absolute atomic E-state index is 0.107. The third-order valence-electron chi connectivity index (χ3n) is 20.5. The molecule has 33 N–H and O–H groups in total. The molecule has 0 bridgehead atoms. The fourth-order valence-electron chi connectivity index (χ4n) is 13.2. The molecule has 0 aliphatic carbocycles. The van der Waals surface area contributed by atoms with Gasteiger partial charge in [-0.05, 0) is 107 Å². The minimum atomic E-state index is -2.27. The molecule has 0 saturated carbocycles. The van der Waals surface area contributed by atoms with Crippen molar-refractivity contribution in [3.63, 3.8) is 0 Å². The number of primary amides is 3. The summed E-state index contributed by atoms with van der Waals surface area (Å²) in [4.78, 5) is 345. The van der Waals surface area contributed by atoms with Crippen molar-refractivity contribution in [1.29, 1.82) is 0 Å². The average molecular weight is 2000 g/mol. The van der Waals surface area contributed by atoms with Gasteiger partial charge in [0.1, 0.15) is 109 Å². The summed E-state index contributed by atoms with van der Waals surface area (Å²) < 4.78 is 0. The topological polar surface area (TPSA) is 898 Å². The van der Waals surface area contributed by atoms with Gasteiger partial charge in [-0.25, -0.2) is 0 Å². The second kappa shape index (κ2) is 62.8. The van der Waals surface area contributed by atoms with Gasteiger partial charge in [-0.15, -0.1) is 0 Å². The second-order valence-corrected chi connectivity index (χ2v) is 36.2. The lowest BCUT2D eigenvalue weighted by molar-refractivity contribution is -0.142. The molecule has 18 atom stereocenters. The molecular formula is C85H143N23O32. The number of carboxylic acids is 4. The SMILES string of the molecule is CC(C)C[C@H](NC(=O)CN)C(=O)N[C@@H](C)C(=O)N[C@@H](CCC(N)=O)C(=O)N[C@@H](CO)C(=O)N[C@H](C(=O)NCC(=O)N[C@@H](CC(C)C)C(=O)N[C@@H](CC(C)C)C(=O)N[C@@H](C)C(=O)N[C@H](C(=O)N[C@@H](CC(N)=O)C(=O)N[C@@H](CC(=O)O)C(=O)N[C@@H](CCC(=O)O)C(=O)N[C@H](C(=O)N[C@@H](CC(C)C)C(=O)N[C@@H](CCC(=O)O)C(=O)N[C@H](C(=O)N[C@@H](CC(N)=O)C(=O)NCC(=O)O)C(C)C)C(C)C)C(C)C)[C@@H](C)O. The Morgan fingerprint density at radius 1 is 0.243 bits per heavy atom.